The topological polar surface area (TPSA) is 43.8 Å². The Balaban J connectivity index is 2.13. The molecule has 0 fully saturated rings. The Labute approximate surface area is 118 Å². The smallest absolute Gasteiger partial charge is 0.142 e. The van der Waals surface area contributed by atoms with Gasteiger partial charge in [-0.2, -0.15) is 0 Å². The van der Waals surface area contributed by atoms with Gasteiger partial charge in [0, 0.05) is 18.2 Å². The van der Waals surface area contributed by atoms with E-state index in [-0.39, 0.29) is 0 Å². The van der Waals surface area contributed by atoms with E-state index in [1.165, 1.54) is 5.56 Å². The molecule has 0 bridgehead atoms. The molecule has 3 aromatic rings. The van der Waals surface area contributed by atoms with Gasteiger partial charge in [-0.25, -0.2) is 4.98 Å². The summed E-state index contributed by atoms with van der Waals surface area (Å²) in [4.78, 5) is 4.72. The molecular formula is C17H17N3. The number of rotatable bonds is 2. The number of nitrogen functional groups attached to an aromatic ring is 1. The maximum Gasteiger partial charge on any atom is 0.142 e. The van der Waals surface area contributed by atoms with Crippen molar-refractivity contribution in [1.82, 2.24) is 9.55 Å². The lowest BCUT2D eigenvalue weighted by atomic mass is 10.1. The van der Waals surface area contributed by atoms with Gasteiger partial charge in [-0.1, -0.05) is 60.2 Å². The molecular weight excluding hydrogens is 246 g/mol. The average molecular weight is 263 g/mol. The highest BCUT2D eigenvalue weighted by Gasteiger charge is 2.14. The van der Waals surface area contributed by atoms with Crippen molar-refractivity contribution in [2.75, 3.05) is 5.73 Å². The molecule has 1 heterocycles. The lowest BCUT2D eigenvalue weighted by molar-refractivity contribution is 0.937. The van der Waals surface area contributed by atoms with E-state index in [0.717, 1.165) is 22.6 Å². The SMILES string of the molecule is Cc1ccc(-c2nc(-c3ccccc3)n(C)c2N)cc1. The second-order valence-corrected chi connectivity index (χ2v) is 4.96. The quantitative estimate of drug-likeness (QED) is 0.767. The van der Waals surface area contributed by atoms with Crippen LogP contribution in [0.5, 0.6) is 0 Å². The summed E-state index contributed by atoms with van der Waals surface area (Å²) in [5.74, 6) is 1.58. The van der Waals surface area contributed by atoms with Crippen LogP contribution in [0.4, 0.5) is 5.82 Å². The number of aryl methyl sites for hydroxylation is 1. The minimum absolute atomic E-state index is 0.688. The van der Waals surface area contributed by atoms with E-state index in [4.69, 9.17) is 10.7 Å². The lowest BCUT2D eigenvalue weighted by Gasteiger charge is -2.02. The molecule has 0 saturated carbocycles. The first-order valence-electron chi connectivity index (χ1n) is 6.61. The van der Waals surface area contributed by atoms with Crippen molar-refractivity contribution in [3.05, 3.63) is 60.2 Å². The standard InChI is InChI=1S/C17H17N3/c1-12-8-10-13(11-9-12)15-16(18)20(2)17(19-15)14-6-4-3-5-7-14/h3-11H,18H2,1-2H3. The molecule has 3 nitrogen and oxygen atoms in total. The highest BCUT2D eigenvalue weighted by molar-refractivity contribution is 5.75. The zero-order valence-electron chi connectivity index (χ0n) is 11.7. The zero-order valence-corrected chi connectivity index (χ0v) is 11.7. The maximum atomic E-state index is 6.21. The molecule has 2 aromatic carbocycles. The first kappa shape index (κ1) is 12.5. The molecule has 0 unspecified atom stereocenters. The largest absolute Gasteiger partial charge is 0.383 e. The van der Waals surface area contributed by atoms with Crippen LogP contribution in [-0.2, 0) is 7.05 Å². The molecule has 0 radical (unpaired) electrons. The highest BCUT2D eigenvalue weighted by Crippen LogP contribution is 2.30. The Hall–Kier alpha value is -2.55. The van der Waals surface area contributed by atoms with E-state index < -0.39 is 0 Å². The number of hydrogen-bond acceptors (Lipinski definition) is 2. The average Bonchev–Trinajstić information content (AvgIpc) is 2.77. The van der Waals surface area contributed by atoms with Gasteiger partial charge >= 0.3 is 0 Å². The molecule has 2 N–H and O–H groups in total. The van der Waals surface area contributed by atoms with E-state index in [9.17, 15) is 0 Å². The molecule has 0 atom stereocenters. The van der Waals surface area contributed by atoms with Crippen molar-refractivity contribution < 1.29 is 0 Å². The third-order valence-electron chi connectivity index (χ3n) is 3.50. The first-order chi connectivity index (χ1) is 9.66. The number of nitrogens with zero attached hydrogens (tertiary/aromatic N) is 2. The summed E-state index contributed by atoms with van der Waals surface area (Å²) in [5, 5.41) is 0. The molecule has 0 aliphatic carbocycles. The summed E-state index contributed by atoms with van der Waals surface area (Å²) in [5.41, 5.74) is 10.4. The van der Waals surface area contributed by atoms with Crippen LogP contribution in [0.15, 0.2) is 54.6 Å². The predicted octanol–water partition coefficient (Wildman–Crippen LogP) is 3.64. The van der Waals surface area contributed by atoms with Crippen LogP contribution in [0.2, 0.25) is 0 Å². The molecule has 3 rings (SSSR count). The Kier molecular flexibility index (Phi) is 3.03. The van der Waals surface area contributed by atoms with Crippen LogP contribution < -0.4 is 5.73 Å². The van der Waals surface area contributed by atoms with Crippen molar-refractivity contribution in [3.63, 3.8) is 0 Å². The Morgan fingerprint density at radius 3 is 2.20 bits per heavy atom. The summed E-state index contributed by atoms with van der Waals surface area (Å²) in [7, 11) is 1.95. The second kappa shape index (κ2) is 4.85. The third kappa shape index (κ3) is 2.07. The number of anilines is 1. The summed E-state index contributed by atoms with van der Waals surface area (Å²) >= 11 is 0. The van der Waals surface area contributed by atoms with Gasteiger partial charge in [0.05, 0.1) is 0 Å². The van der Waals surface area contributed by atoms with Gasteiger partial charge in [-0.3, -0.25) is 0 Å². The van der Waals surface area contributed by atoms with Crippen molar-refractivity contribution in [3.8, 4) is 22.6 Å². The Bertz CT molecular complexity index is 725. The Morgan fingerprint density at radius 1 is 0.900 bits per heavy atom. The second-order valence-electron chi connectivity index (χ2n) is 4.96. The number of aromatic nitrogens is 2. The van der Waals surface area contributed by atoms with Crippen molar-refractivity contribution in [1.29, 1.82) is 0 Å². The van der Waals surface area contributed by atoms with Crippen LogP contribution in [0, 0.1) is 6.92 Å². The van der Waals surface area contributed by atoms with Crippen LogP contribution >= 0.6 is 0 Å². The van der Waals surface area contributed by atoms with E-state index in [1.54, 1.807) is 0 Å². The summed E-state index contributed by atoms with van der Waals surface area (Å²) in [6.07, 6.45) is 0. The summed E-state index contributed by atoms with van der Waals surface area (Å²) in [6, 6.07) is 18.4. The highest BCUT2D eigenvalue weighted by atomic mass is 15.1. The van der Waals surface area contributed by atoms with Crippen molar-refractivity contribution in [2.24, 2.45) is 7.05 Å². The minimum Gasteiger partial charge on any atom is -0.383 e. The fourth-order valence-corrected chi connectivity index (χ4v) is 2.28. The molecule has 0 aliphatic rings. The fourth-order valence-electron chi connectivity index (χ4n) is 2.28. The van der Waals surface area contributed by atoms with Gasteiger partial charge in [0.2, 0.25) is 0 Å². The zero-order chi connectivity index (χ0) is 14.1. The summed E-state index contributed by atoms with van der Waals surface area (Å²) < 4.78 is 1.94. The van der Waals surface area contributed by atoms with E-state index in [1.807, 2.05) is 41.9 Å². The van der Waals surface area contributed by atoms with E-state index in [2.05, 4.69) is 31.2 Å². The Morgan fingerprint density at radius 2 is 1.55 bits per heavy atom. The number of hydrogen-bond donors (Lipinski definition) is 1. The number of benzene rings is 2. The predicted molar refractivity (Wildman–Crippen MR) is 83.2 cm³/mol. The maximum absolute atomic E-state index is 6.21. The molecule has 0 saturated heterocycles. The minimum atomic E-state index is 0.688. The molecule has 20 heavy (non-hydrogen) atoms. The molecule has 0 aliphatic heterocycles. The fraction of sp³-hybridized carbons (Fsp3) is 0.118. The van der Waals surface area contributed by atoms with Gasteiger partial charge in [-0.15, -0.1) is 0 Å². The van der Waals surface area contributed by atoms with Crippen LogP contribution in [0.3, 0.4) is 0 Å². The molecule has 0 spiro atoms. The van der Waals surface area contributed by atoms with Crippen molar-refractivity contribution in [2.45, 2.75) is 6.92 Å². The molecule has 3 heteroatoms. The van der Waals surface area contributed by atoms with Crippen molar-refractivity contribution >= 4 is 5.82 Å². The summed E-state index contributed by atoms with van der Waals surface area (Å²) in [6.45, 7) is 2.07. The van der Waals surface area contributed by atoms with E-state index in [0.29, 0.717) is 5.82 Å². The monoisotopic (exact) mass is 263 g/mol. The lowest BCUT2D eigenvalue weighted by Crippen LogP contribution is -1.98. The molecule has 0 amide bonds. The normalized spacial score (nSPS) is 10.7. The molecule has 1 aromatic heterocycles. The van der Waals surface area contributed by atoms with Crippen LogP contribution in [0.25, 0.3) is 22.6 Å². The van der Waals surface area contributed by atoms with Gasteiger partial charge in [0.1, 0.15) is 17.3 Å². The van der Waals surface area contributed by atoms with Crippen LogP contribution in [-0.4, -0.2) is 9.55 Å². The van der Waals surface area contributed by atoms with Gasteiger partial charge in [0.25, 0.3) is 0 Å². The van der Waals surface area contributed by atoms with Gasteiger partial charge in [-0.05, 0) is 6.92 Å². The first-order valence-corrected chi connectivity index (χ1v) is 6.61. The number of nitrogens with two attached hydrogens (primary N) is 1. The van der Waals surface area contributed by atoms with Gasteiger partial charge in [0.15, 0.2) is 0 Å². The third-order valence-corrected chi connectivity index (χ3v) is 3.50. The van der Waals surface area contributed by atoms with Crippen LogP contribution in [0.1, 0.15) is 5.56 Å². The van der Waals surface area contributed by atoms with E-state index >= 15 is 0 Å². The van der Waals surface area contributed by atoms with Gasteiger partial charge < -0.3 is 10.3 Å². The molecule has 100 valence electrons. The number of imidazole rings is 1.